The van der Waals surface area contributed by atoms with Crippen LogP contribution in [0.5, 0.6) is 0 Å². The molecule has 20 heavy (non-hydrogen) atoms. The highest BCUT2D eigenvalue weighted by molar-refractivity contribution is 5.79. The molecule has 0 radical (unpaired) electrons. The van der Waals surface area contributed by atoms with Crippen molar-refractivity contribution < 1.29 is 14.7 Å². The van der Waals surface area contributed by atoms with Crippen LogP contribution in [0.1, 0.15) is 38.5 Å². The molecular weight excluding hydrogens is 258 g/mol. The minimum Gasteiger partial charge on any atom is -0.393 e. The summed E-state index contributed by atoms with van der Waals surface area (Å²) in [6, 6.07) is -0.413. The standard InChI is InChI=1S/C14H25N3O3/c1-16(14(15)20)11-3-2-8-17(9-11)13(19)10-4-6-12(18)7-5-10/h10-12,18H,2-9H2,1H3,(H2,15,20)/t10?,11-,12?/m1/s1. The molecule has 0 unspecified atom stereocenters. The van der Waals surface area contributed by atoms with Gasteiger partial charge in [0.15, 0.2) is 0 Å². The summed E-state index contributed by atoms with van der Waals surface area (Å²) in [7, 11) is 1.69. The largest absolute Gasteiger partial charge is 0.393 e. The molecular formula is C14H25N3O3. The summed E-state index contributed by atoms with van der Waals surface area (Å²) in [4.78, 5) is 27.1. The number of carbonyl (C=O) groups excluding carboxylic acids is 2. The topological polar surface area (TPSA) is 86.9 Å². The van der Waals surface area contributed by atoms with Crippen LogP contribution in [-0.4, -0.2) is 59.1 Å². The minimum atomic E-state index is -0.440. The normalized spacial score (nSPS) is 30.9. The van der Waals surface area contributed by atoms with E-state index in [2.05, 4.69) is 0 Å². The van der Waals surface area contributed by atoms with Gasteiger partial charge >= 0.3 is 6.03 Å². The van der Waals surface area contributed by atoms with E-state index >= 15 is 0 Å². The Hall–Kier alpha value is -1.30. The zero-order valence-electron chi connectivity index (χ0n) is 12.1. The summed E-state index contributed by atoms with van der Waals surface area (Å²) in [6.07, 6.45) is 4.54. The lowest BCUT2D eigenvalue weighted by molar-refractivity contribution is -0.139. The number of aliphatic hydroxyl groups excluding tert-OH is 1. The first-order valence-electron chi connectivity index (χ1n) is 7.48. The van der Waals surface area contributed by atoms with E-state index in [4.69, 9.17) is 5.73 Å². The van der Waals surface area contributed by atoms with Crippen LogP contribution in [0.2, 0.25) is 0 Å². The average molecular weight is 283 g/mol. The fraction of sp³-hybridized carbons (Fsp3) is 0.857. The van der Waals surface area contributed by atoms with E-state index in [1.807, 2.05) is 4.90 Å². The third kappa shape index (κ3) is 3.42. The molecule has 1 heterocycles. The lowest BCUT2D eigenvalue weighted by Gasteiger charge is -2.39. The third-order valence-electron chi connectivity index (χ3n) is 4.65. The van der Waals surface area contributed by atoms with Gasteiger partial charge in [0, 0.05) is 26.1 Å². The van der Waals surface area contributed by atoms with E-state index in [1.165, 1.54) is 4.90 Å². The Kier molecular flexibility index (Phi) is 4.86. The molecule has 0 spiro atoms. The molecule has 2 fully saturated rings. The molecule has 1 saturated carbocycles. The highest BCUT2D eigenvalue weighted by Crippen LogP contribution is 2.27. The van der Waals surface area contributed by atoms with Crippen LogP contribution in [0.15, 0.2) is 0 Å². The summed E-state index contributed by atoms with van der Waals surface area (Å²) in [5, 5.41) is 9.51. The van der Waals surface area contributed by atoms with Crippen molar-refractivity contribution in [3.05, 3.63) is 0 Å². The molecule has 1 aliphatic carbocycles. The molecule has 3 amide bonds. The van der Waals surface area contributed by atoms with Gasteiger partial charge in [0.25, 0.3) is 0 Å². The quantitative estimate of drug-likeness (QED) is 0.775. The highest BCUT2D eigenvalue weighted by Gasteiger charge is 2.33. The molecule has 114 valence electrons. The number of hydrogen-bond donors (Lipinski definition) is 2. The molecule has 6 nitrogen and oxygen atoms in total. The van der Waals surface area contributed by atoms with E-state index in [-0.39, 0.29) is 24.0 Å². The molecule has 0 aromatic heterocycles. The number of primary amides is 1. The number of carbonyl (C=O) groups is 2. The van der Waals surface area contributed by atoms with Gasteiger partial charge in [-0.3, -0.25) is 4.79 Å². The number of amides is 3. The van der Waals surface area contributed by atoms with Gasteiger partial charge in [0.05, 0.1) is 12.1 Å². The van der Waals surface area contributed by atoms with Gasteiger partial charge in [-0.15, -0.1) is 0 Å². The highest BCUT2D eigenvalue weighted by atomic mass is 16.3. The first-order chi connectivity index (χ1) is 9.49. The van der Waals surface area contributed by atoms with Crippen LogP contribution < -0.4 is 5.73 Å². The predicted molar refractivity (Wildman–Crippen MR) is 74.9 cm³/mol. The Balaban J connectivity index is 1.91. The van der Waals surface area contributed by atoms with Crippen molar-refractivity contribution in [1.29, 1.82) is 0 Å². The first-order valence-corrected chi connectivity index (χ1v) is 7.48. The summed E-state index contributed by atoms with van der Waals surface area (Å²) < 4.78 is 0. The average Bonchev–Trinajstić information content (AvgIpc) is 2.46. The van der Waals surface area contributed by atoms with Crippen LogP contribution in [-0.2, 0) is 4.79 Å². The van der Waals surface area contributed by atoms with Crippen LogP contribution >= 0.6 is 0 Å². The summed E-state index contributed by atoms with van der Waals surface area (Å²) in [5.41, 5.74) is 5.30. The van der Waals surface area contributed by atoms with Gasteiger partial charge in [-0.05, 0) is 38.5 Å². The van der Waals surface area contributed by atoms with Gasteiger partial charge in [-0.2, -0.15) is 0 Å². The molecule has 0 aromatic carbocycles. The number of nitrogens with two attached hydrogens (primary N) is 1. The van der Waals surface area contributed by atoms with Crippen molar-refractivity contribution in [2.45, 2.75) is 50.7 Å². The zero-order chi connectivity index (χ0) is 14.7. The van der Waals surface area contributed by atoms with Crippen molar-refractivity contribution in [1.82, 2.24) is 9.80 Å². The Morgan fingerprint density at radius 1 is 1.20 bits per heavy atom. The Morgan fingerprint density at radius 3 is 2.45 bits per heavy atom. The maximum atomic E-state index is 12.5. The van der Waals surface area contributed by atoms with Crippen molar-refractivity contribution in [2.75, 3.05) is 20.1 Å². The Bertz CT molecular complexity index is 367. The van der Waals surface area contributed by atoms with E-state index in [9.17, 15) is 14.7 Å². The van der Waals surface area contributed by atoms with Crippen LogP contribution in [0.3, 0.4) is 0 Å². The molecule has 1 aliphatic heterocycles. The van der Waals surface area contributed by atoms with E-state index in [0.717, 1.165) is 45.1 Å². The maximum Gasteiger partial charge on any atom is 0.314 e. The molecule has 0 aromatic rings. The van der Waals surface area contributed by atoms with E-state index < -0.39 is 6.03 Å². The summed E-state index contributed by atoms with van der Waals surface area (Å²) in [6.45, 7) is 1.35. The smallest absolute Gasteiger partial charge is 0.314 e. The van der Waals surface area contributed by atoms with Gasteiger partial charge in [-0.1, -0.05) is 0 Å². The number of rotatable bonds is 2. The molecule has 1 atom stereocenters. The van der Waals surface area contributed by atoms with Crippen LogP contribution in [0.25, 0.3) is 0 Å². The van der Waals surface area contributed by atoms with Gasteiger partial charge in [0.1, 0.15) is 0 Å². The van der Waals surface area contributed by atoms with Crippen LogP contribution in [0.4, 0.5) is 4.79 Å². The number of urea groups is 1. The van der Waals surface area contributed by atoms with Crippen molar-refractivity contribution in [2.24, 2.45) is 11.7 Å². The van der Waals surface area contributed by atoms with Gasteiger partial charge in [0.2, 0.25) is 5.91 Å². The molecule has 2 rings (SSSR count). The van der Waals surface area contributed by atoms with E-state index in [0.29, 0.717) is 6.54 Å². The molecule has 3 N–H and O–H groups in total. The lowest BCUT2D eigenvalue weighted by atomic mass is 9.86. The zero-order valence-corrected chi connectivity index (χ0v) is 12.1. The second kappa shape index (κ2) is 6.43. The van der Waals surface area contributed by atoms with Crippen LogP contribution in [0, 0.1) is 5.92 Å². The van der Waals surface area contributed by atoms with Gasteiger partial charge < -0.3 is 20.6 Å². The first kappa shape index (κ1) is 15.1. The fourth-order valence-corrected chi connectivity index (χ4v) is 3.23. The van der Waals surface area contributed by atoms with Gasteiger partial charge in [-0.25, -0.2) is 4.79 Å². The SMILES string of the molecule is CN(C(N)=O)[C@@H]1CCCN(C(=O)C2CCC(O)CC2)C1. The van der Waals surface area contributed by atoms with E-state index in [1.54, 1.807) is 7.05 Å². The molecule has 6 heteroatoms. The number of hydrogen-bond acceptors (Lipinski definition) is 3. The number of piperidine rings is 1. The second-order valence-electron chi connectivity index (χ2n) is 6.03. The van der Waals surface area contributed by atoms with Crippen molar-refractivity contribution >= 4 is 11.9 Å². The summed E-state index contributed by atoms with van der Waals surface area (Å²) in [5.74, 6) is 0.218. The summed E-state index contributed by atoms with van der Waals surface area (Å²) >= 11 is 0. The number of likely N-dealkylation sites (tertiary alicyclic amines) is 1. The second-order valence-corrected chi connectivity index (χ2v) is 6.03. The Morgan fingerprint density at radius 2 is 1.85 bits per heavy atom. The molecule has 2 aliphatic rings. The monoisotopic (exact) mass is 283 g/mol. The van der Waals surface area contributed by atoms with Crippen molar-refractivity contribution in [3.8, 4) is 0 Å². The van der Waals surface area contributed by atoms with Crippen molar-refractivity contribution in [3.63, 3.8) is 0 Å². The minimum absolute atomic E-state index is 0.0272. The number of likely N-dealkylation sites (N-methyl/N-ethyl adjacent to an activating group) is 1. The lowest BCUT2D eigenvalue weighted by Crippen LogP contribution is -2.52. The third-order valence-corrected chi connectivity index (χ3v) is 4.65. The molecule has 0 bridgehead atoms. The fourth-order valence-electron chi connectivity index (χ4n) is 3.23. The molecule has 1 saturated heterocycles. The number of nitrogens with zero attached hydrogens (tertiary/aromatic N) is 2. The predicted octanol–water partition coefficient (Wildman–Crippen LogP) is 0.539. The number of aliphatic hydroxyl groups is 1. The Labute approximate surface area is 119 Å². The maximum absolute atomic E-state index is 12.5.